The average molecular weight is 325 g/mol. The number of carbonyl (C=O) groups is 1. The first kappa shape index (κ1) is 16.2. The third-order valence-electron chi connectivity index (χ3n) is 3.89. The second-order valence-corrected chi connectivity index (χ2v) is 5.75. The van der Waals surface area contributed by atoms with Gasteiger partial charge in [-0.15, -0.1) is 0 Å². The van der Waals surface area contributed by atoms with E-state index in [0.717, 1.165) is 19.3 Å². The van der Waals surface area contributed by atoms with Gasteiger partial charge in [0.05, 0.1) is 0 Å². The molecule has 4 nitrogen and oxygen atoms in total. The first-order chi connectivity index (χ1) is 11.7. The van der Waals surface area contributed by atoms with Crippen LogP contribution in [0.25, 0.3) is 16.9 Å². The molecule has 0 spiro atoms. The zero-order chi connectivity index (χ0) is 16.9. The van der Waals surface area contributed by atoms with E-state index >= 15 is 0 Å². The molecule has 0 saturated heterocycles. The van der Waals surface area contributed by atoms with Gasteiger partial charge in [-0.1, -0.05) is 38.0 Å². The van der Waals surface area contributed by atoms with Crippen LogP contribution < -0.4 is 5.32 Å². The molecule has 0 aliphatic heterocycles. The normalized spacial score (nSPS) is 10.9. The summed E-state index contributed by atoms with van der Waals surface area (Å²) < 4.78 is 15.4. The zero-order valence-corrected chi connectivity index (χ0v) is 13.6. The number of carbonyl (C=O) groups excluding carboxylic acids is 1. The largest absolute Gasteiger partial charge is 0.310 e. The summed E-state index contributed by atoms with van der Waals surface area (Å²) >= 11 is 0. The molecule has 24 heavy (non-hydrogen) atoms. The van der Waals surface area contributed by atoms with Gasteiger partial charge in [-0.2, -0.15) is 0 Å². The molecule has 3 aromatic rings. The number of benzene rings is 1. The van der Waals surface area contributed by atoms with E-state index in [4.69, 9.17) is 0 Å². The molecule has 3 rings (SSSR count). The third-order valence-corrected chi connectivity index (χ3v) is 3.89. The van der Waals surface area contributed by atoms with Crippen molar-refractivity contribution in [2.75, 3.05) is 5.32 Å². The Kier molecular flexibility index (Phi) is 4.89. The van der Waals surface area contributed by atoms with E-state index in [1.807, 2.05) is 28.8 Å². The summed E-state index contributed by atoms with van der Waals surface area (Å²) in [7, 11) is 0. The molecule has 0 bridgehead atoms. The van der Waals surface area contributed by atoms with Gasteiger partial charge in [0.25, 0.3) is 0 Å². The van der Waals surface area contributed by atoms with Crippen molar-refractivity contribution >= 4 is 17.4 Å². The van der Waals surface area contributed by atoms with Crippen LogP contribution in [0.2, 0.25) is 0 Å². The predicted molar refractivity (Wildman–Crippen MR) is 93.4 cm³/mol. The number of imidazole rings is 1. The van der Waals surface area contributed by atoms with Gasteiger partial charge in [0.1, 0.15) is 23.0 Å². The number of halogens is 1. The fourth-order valence-corrected chi connectivity index (χ4v) is 2.68. The van der Waals surface area contributed by atoms with Crippen molar-refractivity contribution in [3.8, 4) is 11.3 Å². The van der Waals surface area contributed by atoms with Crippen LogP contribution in [0.3, 0.4) is 0 Å². The van der Waals surface area contributed by atoms with Crippen molar-refractivity contribution in [1.82, 2.24) is 9.38 Å². The molecule has 1 amide bonds. The molecule has 0 unspecified atom stereocenters. The summed E-state index contributed by atoms with van der Waals surface area (Å²) in [5, 5.41) is 2.95. The van der Waals surface area contributed by atoms with Crippen LogP contribution in [0, 0.1) is 5.82 Å². The third kappa shape index (κ3) is 3.45. The Morgan fingerprint density at radius 2 is 2.08 bits per heavy atom. The Morgan fingerprint density at radius 1 is 1.21 bits per heavy atom. The smallest absolute Gasteiger partial charge is 0.225 e. The molecule has 0 saturated carbocycles. The summed E-state index contributed by atoms with van der Waals surface area (Å²) in [6, 6.07) is 11.9. The highest BCUT2D eigenvalue weighted by Crippen LogP contribution is 2.29. The van der Waals surface area contributed by atoms with E-state index in [2.05, 4.69) is 17.2 Å². The monoisotopic (exact) mass is 325 g/mol. The Bertz CT molecular complexity index is 857. The summed E-state index contributed by atoms with van der Waals surface area (Å²) in [5.41, 5.74) is 1.92. The van der Waals surface area contributed by atoms with Gasteiger partial charge in [0.2, 0.25) is 5.91 Å². The van der Waals surface area contributed by atoms with Gasteiger partial charge >= 0.3 is 0 Å². The molecular weight excluding hydrogens is 305 g/mol. The van der Waals surface area contributed by atoms with Gasteiger partial charge in [0.15, 0.2) is 0 Å². The summed E-state index contributed by atoms with van der Waals surface area (Å²) in [5.74, 6) is 0.203. The first-order valence-corrected chi connectivity index (χ1v) is 8.22. The standard InChI is InChI=1S/C19H20FN3O/c1-2-3-4-11-17(24)22-19-18(14-8-7-9-15(20)13-14)21-16-10-5-6-12-23(16)19/h5-10,12-13H,2-4,11H2,1H3,(H,22,24). The maximum Gasteiger partial charge on any atom is 0.225 e. The van der Waals surface area contributed by atoms with Crippen molar-refractivity contribution in [1.29, 1.82) is 0 Å². The Hall–Kier alpha value is -2.69. The van der Waals surface area contributed by atoms with Gasteiger partial charge in [0, 0.05) is 18.2 Å². The molecule has 1 N–H and O–H groups in total. The predicted octanol–water partition coefficient (Wildman–Crippen LogP) is 4.66. The van der Waals surface area contributed by atoms with E-state index in [-0.39, 0.29) is 11.7 Å². The molecule has 1 aromatic carbocycles. The van der Waals surface area contributed by atoms with Gasteiger partial charge in [-0.3, -0.25) is 9.20 Å². The Morgan fingerprint density at radius 3 is 2.88 bits per heavy atom. The number of rotatable bonds is 6. The minimum absolute atomic E-state index is 0.0493. The van der Waals surface area contributed by atoms with Crippen molar-refractivity contribution < 1.29 is 9.18 Å². The lowest BCUT2D eigenvalue weighted by Crippen LogP contribution is -2.13. The quantitative estimate of drug-likeness (QED) is 0.670. The maximum atomic E-state index is 13.6. The lowest BCUT2D eigenvalue weighted by molar-refractivity contribution is -0.116. The molecule has 2 heterocycles. The van der Waals surface area contributed by atoms with E-state index in [9.17, 15) is 9.18 Å². The molecular formula is C19H20FN3O. The van der Waals surface area contributed by atoms with Crippen molar-refractivity contribution in [2.24, 2.45) is 0 Å². The number of nitrogens with one attached hydrogen (secondary N) is 1. The fraction of sp³-hybridized carbons (Fsp3) is 0.263. The minimum atomic E-state index is -0.329. The Labute approximate surface area is 140 Å². The summed E-state index contributed by atoms with van der Waals surface area (Å²) in [4.78, 5) is 16.8. The molecule has 2 aromatic heterocycles. The van der Waals surface area contributed by atoms with Gasteiger partial charge in [-0.25, -0.2) is 9.37 Å². The average Bonchev–Trinajstić information content (AvgIpc) is 2.94. The molecule has 5 heteroatoms. The first-order valence-electron chi connectivity index (χ1n) is 8.22. The second kappa shape index (κ2) is 7.25. The molecule has 0 atom stereocenters. The highest BCUT2D eigenvalue weighted by atomic mass is 19.1. The number of amides is 1. The number of anilines is 1. The number of aromatic nitrogens is 2. The molecule has 124 valence electrons. The van der Waals surface area contributed by atoms with Gasteiger partial charge in [-0.05, 0) is 30.7 Å². The highest BCUT2D eigenvalue weighted by molar-refractivity contribution is 5.94. The van der Waals surface area contributed by atoms with Crippen LogP contribution in [0.4, 0.5) is 10.2 Å². The van der Waals surface area contributed by atoms with Crippen LogP contribution in [-0.4, -0.2) is 15.3 Å². The van der Waals surface area contributed by atoms with E-state index < -0.39 is 0 Å². The fourth-order valence-electron chi connectivity index (χ4n) is 2.68. The Balaban J connectivity index is 1.98. The van der Waals surface area contributed by atoms with Crippen LogP contribution in [0.5, 0.6) is 0 Å². The summed E-state index contributed by atoms with van der Waals surface area (Å²) in [6.07, 6.45) is 5.26. The number of pyridine rings is 1. The van der Waals surface area contributed by atoms with E-state index in [1.54, 1.807) is 12.1 Å². The second-order valence-electron chi connectivity index (χ2n) is 5.75. The van der Waals surface area contributed by atoms with Crippen molar-refractivity contribution in [3.63, 3.8) is 0 Å². The van der Waals surface area contributed by atoms with Gasteiger partial charge < -0.3 is 5.32 Å². The van der Waals surface area contributed by atoms with Crippen molar-refractivity contribution in [3.05, 3.63) is 54.5 Å². The van der Waals surface area contributed by atoms with Crippen LogP contribution in [0.1, 0.15) is 32.6 Å². The minimum Gasteiger partial charge on any atom is -0.310 e. The molecule has 0 radical (unpaired) electrons. The molecule has 0 aliphatic carbocycles. The van der Waals surface area contributed by atoms with Crippen molar-refractivity contribution in [2.45, 2.75) is 32.6 Å². The van der Waals surface area contributed by atoms with E-state index in [1.165, 1.54) is 12.1 Å². The topological polar surface area (TPSA) is 46.4 Å². The van der Waals surface area contributed by atoms with Crippen LogP contribution >= 0.6 is 0 Å². The molecule has 0 aliphatic rings. The number of nitrogens with zero attached hydrogens (tertiary/aromatic N) is 2. The molecule has 0 fully saturated rings. The SMILES string of the molecule is CCCCCC(=O)Nc1c(-c2cccc(F)c2)nc2ccccn12. The maximum absolute atomic E-state index is 13.6. The number of fused-ring (bicyclic) bond motifs is 1. The lowest BCUT2D eigenvalue weighted by Gasteiger charge is -2.08. The zero-order valence-electron chi connectivity index (χ0n) is 13.6. The number of hydrogen-bond donors (Lipinski definition) is 1. The van der Waals surface area contributed by atoms with Crippen LogP contribution in [-0.2, 0) is 4.79 Å². The highest BCUT2D eigenvalue weighted by Gasteiger charge is 2.16. The number of hydrogen-bond acceptors (Lipinski definition) is 2. The lowest BCUT2D eigenvalue weighted by atomic mass is 10.1. The number of unbranched alkanes of at least 4 members (excludes halogenated alkanes) is 2. The summed E-state index contributed by atoms with van der Waals surface area (Å²) in [6.45, 7) is 2.10. The van der Waals surface area contributed by atoms with E-state index in [0.29, 0.717) is 29.1 Å². The van der Waals surface area contributed by atoms with Crippen LogP contribution in [0.15, 0.2) is 48.7 Å².